The monoisotopic (exact) mass is 235 g/mol. The van der Waals surface area contributed by atoms with Crippen LogP contribution in [0.2, 0.25) is 0 Å². The van der Waals surface area contributed by atoms with Crippen molar-refractivity contribution in [1.29, 1.82) is 0 Å². The second-order valence-corrected chi connectivity index (χ2v) is 4.89. The Balaban J connectivity index is 1.78. The summed E-state index contributed by atoms with van der Waals surface area (Å²) in [6, 6.07) is 2.52. The van der Waals surface area contributed by atoms with Gasteiger partial charge in [-0.3, -0.25) is 4.79 Å². The van der Waals surface area contributed by atoms with Gasteiger partial charge in [0.25, 0.3) is 5.91 Å². The zero-order valence-electron chi connectivity index (χ0n) is 9.98. The predicted molar refractivity (Wildman–Crippen MR) is 61.7 cm³/mol. The van der Waals surface area contributed by atoms with Crippen LogP contribution in [0.3, 0.4) is 0 Å². The van der Waals surface area contributed by atoms with Crippen LogP contribution in [0.15, 0.2) is 10.6 Å². The van der Waals surface area contributed by atoms with Gasteiger partial charge in [-0.25, -0.2) is 0 Å². The van der Waals surface area contributed by atoms with Gasteiger partial charge in [0.1, 0.15) is 0 Å². The van der Waals surface area contributed by atoms with Crippen molar-refractivity contribution >= 4 is 5.91 Å². The topological polar surface area (TPSA) is 58.4 Å². The summed E-state index contributed by atoms with van der Waals surface area (Å²) in [5.41, 5.74) is 0.755. The SMILES string of the molecule is Cc1cc(C(=O)N2CCC3NCCCC32)on1. The van der Waals surface area contributed by atoms with Crippen LogP contribution in [0.5, 0.6) is 0 Å². The van der Waals surface area contributed by atoms with E-state index in [4.69, 9.17) is 4.52 Å². The highest BCUT2D eigenvalue weighted by Crippen LogP contribution is 2.26. The zero-order valence-corrected chi connectivity index (χ0v) is 9.98. The number of fused-ring (bicyclic) bond motifs is 1. The van der Waals surface area contributed by atoms with Crippen LogP contribution in [0, 0.1) is 6.92 Å². The molecule has 5 heteroatoms. The first-order valence-electron chi connectivity index (χ1n) is 6.23. The Kier molecular flexibility index (Phi) is 2.63. The van der Waals surface area contributed by atoms with E-state index in [2.05, 4.69) is 10.5 Å². The van der Waals surface area contributed by atoms with E-state index in [-0.39, 0.29) is 5.91 Å². The van der Waals surface area contributed by atoms with Gasteiger partial charge in [-0.2, -0.15) is 0 Å². The predicted octanol–water partition coefficient (Wildman–Crippen LogP) is 0.950. The van der Waals surface area contributed by atoms with Gasteiger partial charge >= 0.3 is 0 Å². The molecule has 3 rings (SSSR count). The summed E-state index contributed by atoms with van der Waals surface area (Å²) in [6.45, 7) is 3.72. The average molecular weight is 235 g/mol. The number of piperidine rings is 1. The highest BCUT2D eigenvalue weighted by Gasteiger charge is 2.39. The van der Waals surface area contributed by atoms with Crippen LogP contribution < -0.4 is 5.32 Å². The number of nitrogens with one attached hydrogen (secondary N) is 1. The van der Waals surface area contributed by atoms with Gasteiger partial charge < -0.3 is 14.7 Å². The lowest BCUT2D eigenvalue weighted by Crippen LogP contribution is -2.48. The first kappa shape index (κ1) is 10.8. The van der Waals surface area contributed by atoms with Gasteiger partial charge in [0.15, 0.2) is 0 Å². The Bertz CT molecular complexity index is 429. The van der Waals surface area contributed by atoms with Gasteiger partial charge in [-0.15, -0.1) is 0 Å². The maximum atomic E-state index is 12.3. The van der Waals surface area contributed by atoms with Crippen LogP contribution in [-0.4, -0.2) is 41.1 Å². The third kappa shape index (κ3) is 1.84. The summed E-state index contributed by atoms with van der Waals surface area (Å²) in [5.74, 6) is 0.357. The van der Waals surface area contributed by atoms with Gasteiger partial charge in [0.05, 0.1) is 5.69 Å². The van der Waals surface area contributed by atoms with Crippen molar-refractivity contribution in [3.63, 3.8) is 0 Å². The molecule has 1 aromatic rings. The van der Waals surface area contributed by atoms with Crippen LogP contribution in [0.1, 0.15) is 35.5 Å². The molecule has 1 aromatic heterocycles. The summed E-state index contributed by atoms with van der Waals surface area (Å²) < 4.78 is 5.06. The van der Waals surface area contributed by atoms with E-state index in [1.165, 1.54) is 0 Å². The number of carbonyl (C=O) groups excluding carboxylic acids is 1. The Morgan fingerprint density at radius 3 is 3.24 bits per heavy atom. The number of hydrogen-bond donors (Lipinski definition) is 1. The van der Waals surface area contributed by atoms with E-state index in [0.29, 0.717) is 17.8 Å². The lowest BCUT2D eigenvalue weighted by atomic mass is 9.99. The normalized spacial score (nSPS) is 28.2. The van der Waals surface area contributed by atoms with E-state index >= 15 is 0 Å². The molecule has 0 saturated carbocycles. The molecule has 2 saturated heterocycles. The largest absolute Gasteiger partial charge is 0.351 e. The smallest absolute Gasteiger partial charge is 0.292 e. The molecule has 3 heterocycles. The number of amides is 1. The number of likely N-dealkylation sites (tertiary alicyclic amines) is 1. The molecule has 0 bridgehead atoms. The molecule has 0 radical (unpaired) electrons. The first-order chi connectivity index (χ1) is 8.25. The van der Waals surface area contributed by atoms with Gasteiger partial charge in [-0.1, -0.05) is 5.16 Å². The van der Waals surface area contributed by atoms with E-state index in [1.807, 2.05) is 11.8 Å². The number of aromatic nitrogens is 1. The fourth-order valence-corrected chi connectivity index (χ4v) is 2.91. The van der Waals surface area contributed by atoms with E-state index < -0.39 is 0 Å². The van der Waals surface area contributed by atoms with Crippen molar-refractivity contribution in [1.82, 2.24) is 15.4 Å². The molecule has 0 spiro atoms. The fraction of sp³-hybridized carbons (Fsp3) is 0.667. The minimum atomic E-state index is -0.0122. The molecule has 92 valence electrons. The third-order valence-electron chi connectivity index (χ3n) is 3.73. The molecule has 1 amide bonds. The molecular weight excluding hydrogens is 218 g/mol. The second-order valence-electron chi connectivity index (χ2n) is 4.89. The molecule has 2 unspecified atom stereocenters. The Morgan fingerprint density at radius 2 is 2.47 bits per heavy atom. The molecule has 2 atom stereocenters. The Labute approximate surface area is 100 Å². The number of aryl methyl sites for hydroxylation is 1. The average Bonchev–Trinajstić information content (AvgIpc) is 2.94. The molecule has 2 aliphatic rings. The highest BCUT2D eigenvalue weighted by atomic mass is 16.5. The van der Waals surface area contributed by atoms with Gasteiger partial charge in [-0.05, 0) is 32.7 Å². The van der Waals surface area contributed by atoms with Crippen LogP contribution in [-0.2, 0) is 0 Å². The Hall–Kier alpha value is -1.36. The molecule has 0 aliphatic carbocycles. The molecule has 2 fully saturated rings. The van der Waals surface area contributed by atoms with Crippen LogP contribution in [0.4, 0.5) is 0 Å². The molecule has 5 nitrogen and oxygen atoms in total. The van der Waals surface area contributed by atoms with E-state index in [1.54, 1.807) is 6.07 Å². The van der Waals surface area contributed by atoms with Crippen molar-refractivity contribution in [2.24, 2.45) is 0 Å². The van der Waals surface area contributed by atoms with Crippen molar-refractivity contribution in [2.75, 3.05) is 13.1 Å². The summed E-state index contributed by atoms with van der Waals surface area (Å²) in [5, 5.41) is 7.26. The van der Waals surface area contributed by atoms with Crippen molar-refractivity contribution < 1.29 is 9.32 Å². The lowest BCUT2D eigenvalue weighted by molar-refractivity contribution is 0.0663. The number of carbonyl (C=O) groups is 1. The molecule has 17 heavy (non-hydrogen) atoms. The maximum absolute atomic E-state index is 12.3. The minimum Gasteiger partial charge on any atom is -0.351 e. The molecule has 0 aromatic carbocycles. The van der Waals surface area contributed by atoms with Crippen molar-refractivity contribution in [2.45, 2.75) is 38.3 Å². The number of hydrogen-bond acceptors (Lipinski definition) is 4. The quantitative estimate of drug-likeness (QED) is 0.787. The number of nitrogens with zero attached hydrogens (tertiary/aromatic N) is 2. The fourth-order valence-electron chi connectivity index (χ4n) is 2.91. The maximum Gasteiger partial charge on any atom is 0.292 e. The molecular formula is C12H17N3O2. The summed E-state index contributed by atoms with van der Waals surface area (Å²) >= 11 is 0. The Morgan fingerprint density at radius 1 is 1.59 bits per heavy atom. The lowest BCUT2D eigenvalue weighted by Gasteiger charge is -2.31. The summed E-state index contributed by atoms with van der Waals surface area (Å²) in [7, 11) is 0. The summed E-state index contributed by atoms with van der Waals surface area (Å²) in [4.78, 5) is 14.2. The van der Waals surface area contributed by atoms with Gasteiger partial charge in [0.2, 0.25) is 5.76 Å². The first-order valence-corrected chi connectivity index (χ1v) is 6.23. The van der Waals surface area contributed by atoms with Crippen molar-refractivity contribution in [3.8, 4) is 0 Å². The van der Waals surface area contributed by atoms with Crippen LogP contribution >= 0.6 is 0 Å². The molecule has 1 N–H and O–H groups in total. The standard InChI is InChI=1S/C12H17N3O2/c1-8-7-11(17-14-8)12(16)15-6-4-9-10(15)3-2-5-13-9/h7,9-10,13H,2-6H2,1H3. The van der Waals surface area contributed by atoms with E-state index in [9.17, 15) is 4.79 Å². The highest BCUT2D eigenvalue weighted by molar-refractivity contribution is 5.92. The summed E-state index contributed by atoms with van der Waals surface area (Å²) in [6.07, 6.45) is 3.28. The second kappa shape index (κ2) is 4.14. The minimum absolute atomic E-state index is 0.0122. The van der Waals surface area contributed by atoms with Crippen LogP contribution in [0.25, 0.3) is 0 Å². The van der Waals surface area contributed by atoms with Crippen molar-refractivity contribution in [3.05, 3.63) is 17.5 Å². The zero-order chi connectivity index (χ0) is 11.8. The van der Waals surface area contributed by atoms with Gasteiger partial charge in [0, 0.05) is 24.7 Å². The molecule has 2 aliphatic heterocycles. The number of rotatable bonds is 1. The third-order valence-corrected chi connectivity index (χ3v) is 3.73. The van der Waals surface area contributed by atoms with E-state index in [0.717, 1.165) is 38.0 Å².